The number of carboxylic acid groups (broad SMARTS) is 1. The van der Waals surface area contributed by atoms with Gasteiger partial charge in [-0.15, -0.1) is 5.10 Å². The largest absolute Gasteiger partial charge is 0.479 e. The summed E-state index contributed by atoms with van der Waals surface area (Å²) in [6.07, 6.45) is -0.450. The molecular formula is C12H14N2O3. The van der Waals surface area contributed by atoms with Gasteiger partial charge in [-0.05, 0) is 18.6 Å². The molecule has 1 aromatic heterocycles. The zero-order valence-corrected chi connectivity index (χ0v) is 9.75. The van der Waals surface area contributed by atoms with Crippen LogP contribution in [0.2, 0.25) is 0 Å². The van der Waals surface area contributed by atoms with Gasteiger partial charge in [0.2, 0.25) is 5.88 Å². The molecule has 1 heterocycles. The SMILES string of the molecule is CC[C@H](Oc1nn(C)c2ccccc12)C(=O)O. The lowest BCUT2D eigenvalue weighted by atomic mass is 10.2. The van der Waals surface area contributed by atoms with E-state index in [1.54, 1.807) is 18.7 Å². The van der Waals surface area contributed by atoms with Crippen LogP contribution < -0.4 is 4.74 Å². The van der Waals surface area contributed by atoms with Crippen LogP contribution in [0.5, 0.6) is 5.88 Å². The molecule has 0 saturated heterocycles. The fourth-order valence-electron chi connectivity index (χ4n) is 1.71. The van der Waals surface area contributed by atoms with Gasteiger partial charge in [0.15, 0.2) is 6.10 Å². The van der Waals surface area contributed by atoms with Crippen LogP contribution >= 0.6 is 0 Å². The van der Waals surface area contributed by atoms with E-state index in [9.17, 15) is 4.79 Å². The highest BCUT2D eigenvalue weighted by Gasteiger charge is 2.20. The average molecular weight is 234 g/mol. The Morgan fingerprint density at radius 2 is 2.24 bits per heavy atom. The van der Waals surface area contributed by atoms with Crippen molar-refractivity contribution in [1.29, 1.82) is 0 Å². The van der Waals surface area contributed by atoms with Crippen LogP contribution in [0, 0.1) is 0 Å². The van der Waals surface area contributed by atoms with Crippen molar-refractivity contribution in [3.63, 3.8) is 0 Å². The van der Waals surface area contributed by atoms with Crippen molar-refractivity contribution in [3.05, 3.63) is 24.3 Å². The first-order valence-electron chi connectivity index (χ1n) is 5.44. The number of hydrogen-bond donors (Lipinski definition) is 1. The smallest absolute Gasteiger partial charge is 0.344 e. The molecule has 0 fully saturated rings. The van der Waals surface area contributed by atoms with Gasteiger partial charge in [0.25, 0.3) is 0 Å². The van der Waals surface area contributed by atoms with Crippen molar-refractivity contribution in [3.8, 4) is 5.88 Å². The molecule has 1 atom stereocenters. The first kappa shape index (κ1) is 11.4. The number of hydrogen-bond acceptors (Lipinski definition) is 3. The number of carboxylic acids is 1. The summed E-state index contributed by atoms with van der Waals surface area (Å²) in [7, 11) is 1.80. The molecule has 2 rings (SSSR count). The highest BCUT2D eigenvalue weighted by molar-refractivity contribution is 5.85. The molecule has 0 radical (unpaired) electrons. The number of nitrogens with zero attached hydrogens (tertiary/aromatic N) is 2. The Bertz CT molecular complexity index is 548. The minimum Gasteiger partial charge on any atom is -0.479 e. The van der Waals surface area contributed by atoms with E-state index in [0.29, 0.717) is 12.3 Å². The van der Waals surface area contributed by atoms with Crippen LogP contribution in [0.1, 0.15) is 13.3 Å². The number of rotatable bonds is 4. The maximum atomic E-state index is 10.9. The van der Waals surface area contributed by atoms with Crippen molar-refractivity contribution >= 4 is 16.9 Å². The summed E-state index contributed by atoms with van der Waals surface area (Å²) < 4.78 is 7.11. The molecule has 0 saturated carbocycles. The molecule has 0 unspecified atom stereocenters. The second-order valence-electron chi connectivity index (χ2n) is 3.80. The number of ether oxygens (including phenoxy) is 1. The summed E-state index contributed by atoms with van der Waals surface area (Å²) in [5, 5.41) is 14.0. The second-order valence-corrected chi connectivity index (χ2v) is 3.80. The lowest BCUT2D eigenvalue weighted by molar-refractivity contribution is -0.145. The number of aromatic nitrogens is 2. The van der Waals surface area contributed by atoms with Gasteiger partial charge in [-0.1, -0.05) is 19.1 Å². The molecule has 5 heteroatoms. The number of aliphatic carboxylic acids is 1. The third-order valence-electron chi connectivity index (χ3n) is 2.62. The zero-order chi connectivity index (χ0) is 12.4. The Morgan fingerprint density at radius 3 is 2.88 bits per heavy atom. The predicted octanol–water partition coefficient (Wildman–Crippen LogP) is 1.82. The third-order valence-corrected chi connectivity index (χ3v) is 2.62. The van der Waals surface area contributed by atoms with Crippen LogP contribution in [0.25, 0.3) is 10.9 Å². The van der Waals surface area contributed by atoms with E-state index in [0.717, 1.165) is 10.9 Å². The van der Waals surface area contributed by atoms with Gasteiger partial charge in [-0.3, -0.25) is 4.68 Å². The minimum absolute atomic E-state index is 0.373. The molecule has 2 aromatic rings. The molecule has 90 valence electrons. The fourth-order valence-corrected chi connectivity index (χ4v) is 1.71. The lowest BCUT2D eigenvalue weighted by Crippen LogP contribution is -2.26. The lowest BCUT2D eigenvalue weighted by Gasteiger charge is -2.10. The van der Waals surface area contributed by atoms with Crippen molar-refractivity contribution in [2.24, 2.45) is 7.05 Å². The Kier molecular flexibility index (Phi) is 2.99. The number of carbonyl (C=O) groups is 1. The van der Waals surface area contributed by atoms with Gasteiger partial charge in [0, 0.05) is 7.05 Å². The topological polar surface area (TPSA) is 64.4 Å². The van der Waals surface area contributed by atoms with E-state index in [2.05, 4.69) is 5.10 Å². The first-order chi connectivity index (χ1) is 8.13. The number of benzene rings is 1. The molecule has 0 aliphatic heterocycles. The van der Waals surface area contributed by atoms with Crippen molar-refractivity contribution in [2.75, 3.05) is 0 Å². The molecular weight excluding hydrogens is 220 g/mol. The van der Waals surface area contributed by atoms with E-state index >= 15 is 0 Å². The monoisotopic (exact) mass is 234 g/mol. The number of aryl methyl sites for hydroxylation is 1. The van der Waals surface area contributed by atoms with Gasteiger partial charge in [0.05, 0.1) is 10.9 Å². The summed E-state index contributed by atoms with van der Waals surface area (Å²) in [5.74, 6) is -0.598. The summed E-state index contributed by atoms with van der Waals surface area (Å²) in [6, 6.07) is 7.56. The van der Waals surface area contributed by atoms with E-state index in [4.69, 9.17) is 9.84 Å². The Morgan fingerprint density at radius 1 is 1.53 bits per heavy atom. The van der Waals surface area contributed by atoms with Crippen LogP contribution in [0.3, 0.4) is 0 Å². The van der Waals surface area contributed by atoms with E-state index in [-0.39, 0.29) is 0 Å². The molecule has 0 bridgehead atoms. The van der Waals surface area contributed by atoms with E-state index in [1.807, 2.05) is 24.3 Å². The summed E-state index contributed by atoms with van der Waals surface area (Å²) in [6.45, 7) is 1.77. The predicted molar refractivity (Wildman–Crippen MR) is 63.1 cm³/mol. The number of fused-ring (bicyclic) bond motifs is 1. The quantitative estimate of drug-likeness (QED) is 0.876. The first-order valence-corrected chi connectivity index (χ1v) is 5.44. The maximum absolute atomic E-state index is 10.9. The number of para-hydroxylation sites is 1. The summed E-state index contributed by atoms with van der Waals surface area (Å²) in [5.41, 5.74) is 0.919. The van der Waals surface area contributed by atoms with Crippen LogP contribution in [-0.4, -0.2) is 27.0 Å². The van der Waals surface area contributed by atoms with Crippen LogP contribution in [-0.2, 0) is 11.8 Å². The molecule has 0 amide bonds. The van der Waals surface area contributed by atoms with Crippen LogP contribution in [0.4, 0.5) is 0 Å². The van der Waals surface area contributed by atoms with Crippen molar-refractivity contribution in [2.45, 2.75) is 19.4 Å². The van der Waals surface area contributed by atoms with Gasteiger partial charge in [-0.25, -0.2) is 4.79 Å². The summed E-state index contributed by atoms with van der Waals surface area (Å²) in [4.78, 5) is 10.9. The molecule has 1 aromatic carbocycles. The van der Waals surface area contributed by atoms with Crippen molar-refractivity contribution in [1.82, 2.24) is 9.78 Å². The Balaban J connectivity index is 2.39. The van der Waals surface area contributed by atoms with Gasteiger partial charge >= 0.3 is 5.97 Å². The summed E-state index contributed by atoms with van der Waals surface area (Å²) >= 11 is 0. The van der Waals surface area contributed by atoms with Crippen LogP contribution in [0.15, 0.2) is 24.3 Å². The average Bonchev–Trinajstić information content (AvgIpc) is 2.63. The highest BCUT2D eigenvalue weighted by Crippen LogP contribution is 2.25. The molecule has 0 aliphatic carbocycles. The highest BCUT2D eigenvalue weighted by atomic mass is 16.5. The zero-order valence-electron chi connectivity index (χ0n) is 9.75. The molecule has 1 N–H and O–H groups in total. The standard InChI is InChI=1S/C12H14N2O3/c1-3-10(12(15)16)17-11-8-6-4-5-7-9(8)14(2)13-11/h4-7,10H,3H2,1-2H3,(H,15,16)/t10-/m0/s1. The molecule has 0 spiro atoms. The maximum Gasteiger partial charge on any atom is 0.344 e. The second kappa shape index (κ2) is 4.45. The van der Waals surface area contributed by atoms with Gasteiger partial charge < -0.3 is 9.84 Å². The van der Waals surface area contributed by atoms with Gasteiger partial charge in [-0.2, -0.15) is 0 Å². The molecule has 17 heavy (non-hydrogen) atoms. The van der Waals surface area contributed by atoms with E-state index in [1.165, 1.54) is 0 Å². The van der Waals surface area contributed by atoms with Gasteiger partial charge in [0.1, 0.15) is 0 Å². The molecule has 5 nitrogen and oxygen atoms in total. The Hall–Kier alpha value is -2.04. The third kappa shape index (κ3) is 2.08. The minimum atomic E-state index is -0.970. The molecule has 0 aliphatic rings. The normalized spacial score (nSPS) is 12.6. The Labute approximate surface area is 98.6 Å². The van der Waals surface area contributed by atoms with E-state index < -0.39 is 12.1 Å². The fraction of sp³-hybridized carbons (Fsp3) is 0.333. The van der Waals surface area contributed by atoms with Crippen molar-refractivity contribution < 1.29 is 14.6 Å².